The van der Waals surface area contributed by atoms with Crippen molar-refractivity contribution >= 4 is 0 Å². The van der Waals surface area contributed by atoms with Gasteiger partial charge in [-0.15, -0.1) is 0 Å². The minimum atomic E-state index is 0.432. The molecule has 1 aromatic heterocycles. The molecular weight excluding hydrogens is 244 g/mol. The fraction of sp³-hybridized carbons (Fsp3) is 0.722. The molecule has 1 rings (SSSR count). The second kappa shape index (κ2) is 10.8. The molecule has 0 aliphatic heterocycles. The minimum absolute atomic E-state index is 0.432. The van der Waals surface area contributed by atoms with Gasteiger partial charge in [0.1, 0.15) is 0 Å². The van der Waals surface area contributed by atoms with Crippen LogP contribution in [0.1, 0.15) is 82.6 Å². The van der Waals surface area contributed by atoms with E-state index in [-0.39, 0.29) is 0 Å². The number of aryl methyl sites for hydroxylation is 1. The van der Waals surface area contributed by atoms with Crippen molar-refractivity contribution < 1.29 is 0 Å². The third-order valence-corrected chi connectivity index (χ3v) is 3.75. The van der Waals surface area contributed by atoms with Crippen molar-refractivity contribution in [3.63, 3.8) is 0 Å². The van der Waals surface area contributed by atoms with Gasteiger partial charge < -0.3 is 5.32 Å². The largest absolute Gasteiger partial charge is 0.309 e. The molecule has 0 saturated carbocycles. The third-order valence-electron chi connectivity index (χ3n) is 3.75. The zero-order valence-electron chi connectivity index (χ0n) is 13.6. The highest BCUT2D eigenvalue weighted by atomic mass is 14.9. The van der Waals surface area contributed by atoms with E-state index < -0.39 is 0 Å². The van der Waals surface area contributed by atoms with E-state index in [9.17, 15) is 0 Å². The topological polar surface area (TPSA) is 24.9 Å². The van der Waals surface area contributed by atoms with E-state index in [1.54, 1.807) is 0 Å². The summed E-state index contributed by atoms with van der Waals surface area (Å²) >= 11 is 0. The number of aromatic nitrogens is 1. The zero-order chi connectivity index (χ0) is 14.6. The van der Waals surface area contributed by atoms with Crippen LogP contribution >= 0.6 is 0 Å². The fourth-order valence-electron chi connectivity index (χ4n) is 2.56. The molecule has 0 bridgehead atoms. The Labute approximate surface area is 125 Å². The Morgan fingerprint density at radius 3 is 2.45 bits per heavy atom. The Bertz CT molecular complexity index is 349. The average Bonchev–Trinajstić information content (AvgIpc) is 2.45. The third kappa shape index (κ3) is 7.04. The number of rotatable bonds is 11. The number of hydrogen-bond donors (Lipinski definition) is 1. The molecule has 0 aliphatic carbocycles. The summed E-state index contributed by atoms with van der Waals surface area (Å²) in [4.78, 5) is 4.69. The van der Waals surface area contributed by atoms with Gasteiger partial charge in [0, 0.05) is 11.7 Å². The van der Waals surface area contributed by atoms with Crippen molar-refractivity contribution in [1.29, 1.82) is 0 Å². The zero-order valence-corrected chi connectivity index (χ0v) is 13.6. The van der Waals surface area contributed by atoms with E-state index in [0.717, 1.165) is 12.2 Å². The minimum Gasteiger partial charge on any atom is -0.309 e. The van der Waals surface area contributed by atoms with Gasteiger partial charge in [0.2, 0.25) is 0 Å². The molecule has 0 spiro atoms. The number of hydrogen-bond acceptors (Lipinski definition) is 2. The molecule has 0 aromatic carbocycles. The van der Waals surface area contributed by atoms with E-state index in [2.05, 4.69) is 44.3 Å². The Hall–Kier alpha value is -0.890. The second-order valence-corrected chi connectivity index (χ2v) is 5.77. The van der Waals surface area contributed by atoms with Gasteiger partial charge in [0.05, 0.1) is 5.69 Å². The molecule has 1 heterocycles. The summed E-state index contributed by atoms with van der Waals surface area (Å²) in [5.41, 5.74) is 2.33. The first-order valence-corrected chi connectivity index (χ1v) is 8.44. The standard InChI is InChI=1S/C18H32N2/c1-4-6-7-8-9-10-13-17(19-15-5-2)18-14-11-12-16(3)20-18/h11-12,14,17,19H,4-10,13,15H2,1-3H3. The van der Waals surface area contributed by atoms with Crippen LogP contribution in [0.15, 0.2) is 18.2 Å². The lowest BCUT2D eigenvalue weighted by atomic mass is 10.0. The summed E-state index contributed by atoms with van der Waals surface area (Å²) in [5.74, 6) is 0. The molecule has 0 amide bonds. The van der Waals surface area contributed by atoms with Crippen LogP contribution in [0.4, 0.5) is 0 Å². The SMILES string of the molecule is CCCCCCCCC(NCCC)c1cccc(C)n1. The molecule has 1 atom stereocenters. The summed E-state index contributed by atoms with van der Waals surface area (Å²) < 4.78 is 0. The summed E-state index contributed by atoms with van der Waals surface area (Å²) in [5, 5.41) is 3.65. The first kappa shape index (κ1) is 17.2. The normalized spacial score (nSPS) is 12.6. The Morgan fingerprint density at radius 1 is 1.00 bits per heavy atom. The van der Waals surface area contributed by atoms with E-state index >= 15 is 0 Å². The van der Waals surface area contributed by atoms with Crippen LogP contribution in [0.25, 0.3) is 0 Å². The first-order valence-electron chi connectivity index (χ1n) is 8.44. The van der Waals surface area contributed by atoms with Crippen LogP contribution in [0.2, 0.25) is 0 Å². The Kier molecular flexibility index (Phi) is 9.31. The van der Waals surface area contributed by atoms with Gasteiger partial charge in [0.25, 0.3) is 0 Å². The highest BCUT2D eigenvalue weighted by Gasteiger charge is 2.11. The lowest BCUT2D eigenvalue weighted by Crippen LogP contribution is -2.23. The van der Waals surface area contributed by atoms with E-state index in [0.29, 0.717) is 6.04 Å². The van der Waals surface area contributed by atoms with Gasteiger partial charge in [-0.05, 0) is 38.4 Å². The van der Waals surface area contributed by atoms with Gasteiger partial charge in [-0.1, -0.05) is 58.4 Å². The summed E-state index contributed by atoms with van der Waals surface area (Å²) in [6.07, 6.45) is 10.5. The smallest absolute Gasteiger partial charge is 0.0576 e. The molecule has 1 aromatic rings. The maximum absolute atomic E-state index is 4.69. The molecule has 20 heavy (non-hydrogen) atoms. The predicted octanol–water partition coefficient (Wildman–Crippen LogP) is 5.18. The van der Waals surface area contributed by atoms with Gasteiger partial charge >= 0.3 is 0 Å². The van der Waals surface area contributed by atoms with Crippen molar-refractivity contribution in [3.05, 3.63) is 29.6 Å². The van der Waals surface area contributed by atoms with Crippen molar-refractivity contribution in [3.8, 4) is 0 Å². The van der Waals surface area contributed by atoms with Crippen molar-refractivity contribution in [2.45, 2.75) is 78.2 Å². The number of pyridine rings is 1. The molecule has 0 aliphatic rings. The van der Waals surface area contributed by atoms with Crippen LogP contribution < -0.4 is 5.32 Å². The summed E-state index contributed by atoms with van der Waals surface area (Å²) in [6, 6.07) is 6.79. The highest BCUT2D eigenvalue weighted by molar-refractivity contribution is 5.13. The molecule has 0 saturated heterocycles. The molecular formula is C18H32N2. The maximum atomic E-state index is 4.69. The summed E-state index contributed by atoms with van der Waals surface area (Å²) in [6.45, 7) is 7.65. The molecule has 1 unspecified atom stereocenters. The first-order chi connectivity index (χ1) is 9.77. The Morgan fingerprint density at radius 2 is 1.75 bits per heavy atom. The molecule has 1 N–H and O–H groups in total. The second-order valence-electron chi connectivity index (χ2n) is 5.77. The molecule has 2 nitrogen and oxygen atoms in total. The van der Waals surface area contributed by atoms with E-state index in [4.69, 9.17) is 4.98 Å². The molecule has 2 heteroatoms. The van der Waals surface area contributed by atoms with Crippen LogP contribution in [-0.2, 0) is 0 Å². The van der Waals surface area contributed by atoms with Gasteiger partial charge in [0.15, 0.2) is 0 Å². The lowest BCUT2D eigenvalue weighted by Gasteiger charge is -2.18. The quantitative estimate of drug-likeness (QED) is 0.563. The molecule has 114 valence electrons. The van der Waals surface area contributed by atoms with E-state index in [1.165, 1.54) is 57.1 Å². The van der Waals surface area contributed by atoms with Gasteiger partial charge in [-0.2, -0.15) is 0 Å². The number of nitrogens with zero attached hydrogens (tertiary/aromatic N) is 1. The van der Waals surface area contributed by atoms with Crippen LogP contribution in [0, 0.1) is 6.92 Å². The van der Waals surface area contributed by atoms with Crippen molar-refractivity contribution in [2.24, 2.45) is 0 Å². The number of unbranched alkanes of at least 4 members (excludes halogenated alkanes) is 5. The van der Waals surface area contributed by atoms with Gasteiger partial charge in [-0.3, -0.25) is 4.98 Å². The highest BCUT2D eigenvalue weighted by Crippen LogP contribution is 2.19. The Balaban J connectivity index is 2.40. The fourth-order valence-corrected chi connectivity index (χ4v) is 2.56. The number of nitrogens with one attached hydrogen (secondary N) is 1. The molecule has 0 fully saturated rings. The van der Waals surface area contributed by atoms with E-state index in [1.807, 2.05) is 0 Å². The van der Waals surface area contributed by atoms with Crippen molar-refractivity contribution in [2.75, 3.05) is 6.54 Å². The monoisotopic (exact) mass is 276 g/mol. The van der Waals surface area contributed by atoms with Crippen molar-refractivity contribution in [1.82, 2.24) is 10.3 Å². The average molecular weight is 276 g/mol. The van der Waals surface area contributed by atoms with Gasteiger partial charge in [-0.25, -0.2) is 0 Å². The maximum Gasteiger partial charge on any atom is 0.0576 e. The van der Waals surface area contributed by atoms with Crippen LogP contribution in [0.5, 0.6) is 0 Å². The van der Waals surface area contributed by atoms with Crippen LogP contribution in [-0.4, -0.2) is 11.5 Å². The summed E-state index contributed by atoms with van der Waals surface area (Å²) in [7, 11) is 0. The van der Waals surface area contributed by atoms with Crippen LogP contribution in [0.3, 0.4) is 0 Å². The lowest BCUT2D eigenvalue weighted by molar-refractivity contribution is 0.458. The predicted molar refractivity (Wildman–Crippen MR) is 88.0 cm³/mol. The molecule has 0 radical (unpaired) electrons.